The molecule has 1 aliphatic carbocycles. The van der Waals surface area contributed by atoms with Gasteiger partial charge in [-0.25, -0.2) is 0 Å². The first-order valence-electron chi connectivity index (χ1n) is 7.19. The SMILES string of the molecule is CCCN(C(C)C)C1CCc2c(O)cccc2C1. The molecule has 0 bridgehead atoms. The first kappa shape index (κ1) is 13.4. The molecule has 0 saturated heterocycles. The van der Waals surface area contributed by atoms with Crippen LogP contribution >= 0.6 is 0 Å². The molecule has 0 heterocycles. The topological polar surface area (TPSA) is 23.5 Å². The zero-order valence-corrected chi connectivity index (χ0v) is 11.8. The van der Waals surface area contributed by atoms with Gasteiger partial charge in [-0.05, 0) is 63.3 Å². The molecule has 2 heteroatoms. The number of hydrogen-bond donors (Lipinski definition) is 1. The Kier molecular flexibility index (Phi) is 4.28. The molecular formula is C16H25NO. The molecule has 0 spiro atoms. The van der Waals surface area contributed by atoms with E-state index in [0.717, 1.165) is 12.8 Å². The highest BCUT2D eigenvalue weighted by atomic mass is 16.3. The average Bonchev–Trinajstić information content (AvgIpc) is 2.35. The van der Waals surface area contributed by atoms with Crippen molar-refractivity contribution in [1.29, 1.82) is 0 Å². The van der Waals surface area contributed by atoms with Crippen LogP contribution in [-0.2, 0) is 12.8 Å². The van der Waals surface area contributed by atoms with Crippen LogP contribution in [0.1, 0.15) is 44.7 Å². The molecule has 1 aromatic rings. The van der Waals surface area contributed by atoms with Gasteiger partial charge in [0.15, 0.2) is 0 Å². The lowest BCUT2D eigenvalue weighted by Gasteiger charge is -2.38. The quantitative estimate of drug-likeness (QED) is 0.881. The van der Waals surface area contributed by atoms with Crippen LogP contribution in [0.2, 0.25) is 0 Å². The Labute approximate surface area is 111 Å². The number of fused-ring (bicyclic) bond motifs is 1. The van der Waals surface area contributed by atoms with Gasteiger partial charge in [-0.15, -0.1) is 0 Å². The van der Waals surface area contributed by atoms with Crippen LogP contribution in [0.5, 0.6) is 5.75 Å². The van der Waals surface area contributed by atoms with Crippen molar-refractivity contribution in [2.75, 3.05) is 6.54 Å². The average molecular weight is 247 g/mol. The first-order chi connectivity index (χ1) is 8.63. The van der Waals surface area contributed by atoms with Crippen LogP contribution in [-0.4, -0.2) is 28.6 Å². The van der Waals surface area contributed by atoms with Gasteiger partial charge in [0.05, 0.1) is 0 Å². The van der Waals surface area contributed by atoms with Crippen LogP contribution in [0.25, 0.3) is 0 Å². The number of aromatic hydroxyl groups is 1. The fourth-order valence-corrected chi connectivity index (χ4v) is 3.17. The normalized spacial score (nSPS) is 19.3. The maximum Gasteiger partial charge on any atom is 0.119 e. The van der Waals surface area contributed by atoms with Gasteiger partial charge in [0.25, 0.3) is 0 Å². The van der Waals surface area contributed by atoms with Crippen molar-refractivity contribution in [2.24, 2.45) is 0 Å². The highest BCUT2D eigenvalue weighted by Crippen LogP contribution is 2.31. The fourth-order valence-electron chi connectivity index (χ4n) is 3.17. The van der Waals surface area contributed by atoms with E-state index < -0.39 is 0 Å². The van der Waals surface area contributed by atoms with E-state index in [9.17, 15) is 5.11 Å². The summed E-state index contributed by atoms with van der Waals surface area (Å²) >= 11 is 0. The second kappa shape index (κ2) is 5.75. The number of phenols is 1. The molecule has 0 aromatic heterocycles. The molecule has 1 atom stereocenters. The zero-order chi connectivity index (χ0) is 13.1. The summed E-state index contributed by atoms with van der Waals surface area (Å²) in [6, 6.07) is 7.20. The lowest BCUT2D eigenvalue weighted by Crippen LogP contribution is -2.44. The van der Waals surface area contributed by atoms with Crippen LogP contribution in [0.15, 0.2) is 18.2 Å². The molecule has 1 unspecified atom stereocenters. The van der Waals surface area contributed by atoms with Crippen molar-refractivity contribution in [3.05, 3.63) is 29.3 Å². The Morgan fingerprint density at radius 2 is 2.17 bits per heavy atom. The molecular weight excluding hydrogens is 222 g/mol. The molecule has 0 aliphatic heterocycles. The summed E-state index contributed by atoms with van der Waals surface area (Å²) in [6.07, 6.45) is 4.48. The molecule has 2 nitrogen and oxygen atoms in total. The third-order valence-electron chi connectivity index (χ3n) is 4.05. The van der Waals surface area contributed by atoms with E-state index in [-0.39, 0.29) is 0 Å². The van der Waals surface area contributed by atoms with Gasteiger partial charge in [-0.1, -0.05) is 19.1 Å². The number of nitrogens with zero attached hydrogens (tertiary/aromatic N) is 1. The van der Waals surface area contributed by atoms with Crippen LogP contribution in [0.3, 0.4) is 0 Å². The summed E-state index contributed by atoms with van der Waals surface area (Å²) in [5.74, 6) is 0.484. The zero-order valence-electron chi connectivity index (χ0n) is 11.8. The van der Waals surface area contributed by atoms with Crippen molar-refractivity contribution >= 4 is 0 Å². The summed E-state index contributed by atoms with van der Waals surface area (Å²) in [6.45, 7) is 8.00. The molecule has 2 rings (SSSR count). The van der Waals surface area contributed by atoms with Crippen molar-refractivity contribution < 1.29 is 5.11 Å². The van der Waals surface area contributed by atoms with E-state index in [4.69, 9.17) is 0 Å². The Bertz CT molecular complexity index is 400. The summed E-state index contributed by atoms with van der Waals surface area (Å²) in [5, 5.41) is 9.88. The minimum atomic E-state index is 0.484. The third-order valence-corrected chi connectivity index (χ3v) is 4.05. The molecule has 0 fully saturated rings. The standard InChI is InChI=1S/C16H25NO/c1-4-10-17(12(2)3)14-8-9-15-13(11-14)6-5-7-16(15)18/h5-7,12,14,18H,4,8-11H2,1-3H3. The Hall–Kier alpha value is -1.02. The summed E-state index contributed by atoms with van der Waals surface area (Å²) in [7, 11) is 0. The van der Waals surface area contributed by atoms with Crippen molar-refractivity contribution in [2.45, 2.75) is 58.5 Å². The van der Waals surface area contributed by atoms with Crippen molar-refractivity contribution in [3.8, 4) is 5.75 Å². The summed E-state index contributed by atoms with van der Waals surface area (Å²) < 4.78 is 0. The molecule has 1 aromatic carbocycles. The number of rotatable bonds is 4. The Morgan fingerprint density at radius 1 is 1.39 bits per heavy atom. The fraction of sp³-hybridized carbons (Fsp3) is 0.625. The van der Waals surface area contributed by atoms with Crippen molar-refractivity contribution in [3.63, 3.8) is 0 Å². The minimum absolute atomic E-state index is 0.484. The Balaban J connectivity index is 2.15. The van der Waals surface area contributed by atoms with Gasteiger partial charge in [0.1, 0.15) is 5.75 Å². The van der Waals surface area contributed by atoms with Gasteiger partial charge in [0, 0.05) is 12.1 Å². The van der Waals surface area contributed by atoms with Gasteiger partial charge in [0.2, 0.25) is 0 Å². The molecule has 1 aliphatic rings. The second-order valence-electron chi connectivity index (χ2n) is 5.64. The lowest BCUT2D eigenvalue weighted by molar-refractivity contribution is 0.139. The van der Waals surface area contributed by atoms with E-state index in [0.29, 0.717) is 17.8 Å². The van der Waals surface area contributed by atoms with Crippen LogP contribution < -0.4 is 0 Å². The first-order valence-corrected chi connectivity index (χ1v) is 7.19. The highest BCUT2D eigenvalue weighted by molar-refractivity contribution is 5.41. The monoisotopic (exact) mass is 247 g/mol. The van der Waals surface area contributed by atoms with E-state index in [1.54, 1.807) is 0 Å². The van der Waals surface area contributed by atoms with Crippen LogP contribution in [0, 0.1) is 0 Å². The smallest absolute Gasteiger partial charge is 0.119 e. The minimum Gasteiger partial charge on any atom is -0.508 e. The molecule has 18 heavy (non-hydrogen) atoms. The van der Waals surface area contributed by atoms with E-state index in [1.807, 2.05) is 12.1 Å². The number of hydrogen-bond acceptors (Lipinski definition) is 2. The third kappa shape index (κ3) is 2.69. The number of benzene rings is 1. The summed E-state index contributed by atoms with van der Waals surface area (Å²) in [4.78, 5) is 2.62. The van der Waals surface area contributed by atoms with E-state index in [1.165, 1.54) is 30.5 Å². The number of phenolic OH excluding ortho intramolecular Hbond substituents is 1. The van der Waals surface area contributed by atoms with E-state index >= 15 is 0 Å². The van der Waals surface area contributed by atoms with Gasteiger partial charge in [-0.2, -0.15) is 0 Å². The predicted molar refractivity (Wildman–Crippen MR) is 76.1 cm³/mol. The molecule has 0 radical (unpaired) electrons. The van der Waals surface area contributed by atoms with Gasteiger partial charge < -0.3 is 5.11 Å². The highest BCUT2D eigenvalue weighted by Gasteiger charge is 2.26. The maximum atomic E-state index is 9.88. The lowest BCUT2D eigenvalue weighted by atomic mass is 9.86. The molecule has 0 amide bonds. The van der Waals surface area contributed by atoms with E-state index in [2.05, 4.69) is 31.7 Å². The van der Waals surface area contributed by atoms with Gasteiger partial charge in [-0.3, -0.25) is 4.90 Å². The predicted octanol–water partition coefficient (Wildman–Crippen LogP) is 3.37. The molecule has 0 saturated carbocycles. The largest absolute Gasteiger partial charge is 0.508 e. The Morgan fingerprint density at radius 3 is 2.83 bits per heavy atom. The maximum absolute atomic E-state index is 9.88. The van der Waals surface area contributed by atoms with Gasteiger partial charge >= 0.3 is 0 Å². The second-order valence-corrected chi connectivity index (χ2v) is 5.64. The molecule has 1 N–H and O–H groups in total. The molecule has 100 valence electrons. The van der Waals surface area contributed by atoms with Crippen molar-refractivity contribution in [1.82, 2.24) is 4.90 Å². The van der Waals surface area contributed by atoms with Crippen LogP contribution in [0.4, 0.5) is 0 Å². The summed E-state index contributed by atoms with van der Waals surface area (Å²) in [5.41, 5.74) is 2.52.